The Morgan fingerprint density at radius 1 is 1.45 bits per heavy atom. The summed E-state index contributed by atoms with van der Waals surface area (Å²) in [6, 6.07) is 1.80. The summed E-state index contributed by atoms with van der Waals surface area (Å²) in [6.45, 7) is 4.63. The van der Waals surface area contributed by atoms with Crippen molar-refractivity contribution in [2.75, 3.05) is 19.6 Å². The number of nitrogens with two attached hydrogens (primary N) is 1. The standard InChI is InChI=1S/C16H19N5O/c1-10-4-12-13(20-14(17)5-10)6-11(7-18-12)15(22)21-8-16(9-21)2-3-19-16/h4,6-7,19H,2-3,5,8-9H2,1H3,(H2,17,20). The number of pyridine rings is 1. The minimum atomic E-state index is 0.0216. The molecule has 3 aliphatic heterocycles. The van der Waals surface area contributed by atoms with Gasteiger partial charge in [0.1, 0.15) is 5.84 Å². The Kier molecular flexibility index (Phi) is 2.84. The summed E-state index contributed by atoms with van der Waals surface area (Å²) < 4.78 is 0. The summed E-state index contributed by atoms with van der Waals surface area (Å²) in [7, 11) is 0. The number of nitrogens with zero attached hydrogens (tertiary/aromatic N) is 3. The van der Waals surface area contributed by atoms with Crippen molar-refractivity contribution < 1.29 is 4.79 Å². The average molecular weight is 297 g/mol. The van der Waals surface area contributed by atoms with Crippen LogP contribution in [0.2, 0.25) is 0 Å². The van der Waals surface area contributed by atoms with Crippen molar-refractivity contribution in [1.82, 2.24) is 15.2 Å². The van der Waals surface area contributed by atoms with Gasteiger partial charge in [-0.05, 0) is 32.0 Å². The van der Waals surface area contributed by atoms with Gasteiger partial charge in [-0.2, -0.15) is 0 Å². The number of hydrogen-bond acceptors (Lipinski definition) is 5. The normalized spacial score (nSPS) is 22.0. The second kappa shape index (κ2) is 4.64. The first-order valence-electron chi connectivity index (χ1n) is 7.59. The number of fused-ring (bicyclic) bond motifs is 1. The highest BCUT2D eigenvalue weighted by atomic mass is 16.2. The van der Waals surface area contributed by atoms with Gasteiger partial charge in [-0.1, -0.05) is 5.57 Å². The van der Waals surface area contributed by atoms with Crippen LogP contribution >= 0.6 is 0 Å². The van der Waals surface area contributed by atoms with Crippen LogP contribution in [0.25, 0.3) is 6.08 Å². The first-order valence-corrected chi connectivity index (χ1v) is 7.59. The second-order valence-corrected chi connectivity index (χ2v) is 6.52. The molecule has 22 heavy (non-hydrogen) atoms. The van der Waals surface area contributed by atoms with E-state index in [1.165, 1.54) is 0 Å². The number of likely N-dealkylation sites (tertiary alicyclic amines) is 1. The number of amides is 1. The molecular formula is C16H19N5O. The van der Waals surface area contributed by atoms with Gasteiger partial charge in [0.15, 0.2) is 0 Å². The molecule has 1 aromatic rings. The van der Waals surface area contributed by atoms with E-state index >= 15 is 0 Å². The Morgan fingerprint density at radius 2 is 2.23 bits per heavy atom. The summed E-state index contributed by atoms with van der Waals surface area (Å²) in [5.41, 5.74) is 9.24. The van der Waals surface area contributed by atoms with Crippen LogP contribution in [0.1, 0.15) is 35.8 Å². The Morgan fingerprint density at radius 3 is 2.91 bits per heavy atom. The van der Waals surface area contributed by atoms with Crippen molar-refractivity contribution in [3.05, 3.63) is 29.1 Å². The highest BCUT2D eigenvalue weighted by Crippen LogP contribution is 2.32. The molecule has 0 atom stereocenters. The lowest BCUT2D eigenvalue weighted by Crippen LogP contribution is -2.76. The molecule has 2 saturated heterocycles. The van der Waals surface area contributed by atoms with E-state index in [2.05, 4.69) is 15.3 Å². The molecule has 6 nitrogen and oxygen atoms in total. The zero-order chi connectivity index (χ0) is 15.3. The van der Waals surface area contributed by atoms with Crippen molar-refractivity contribution >= 4 is 23.5 Å². The van der Waals surface area contributed by atoms with Crippen LogP contribution in [-0.2, 0) is 0 Å². The summed E-state index contributed by atoms with van der Waals surface area (Å²) in [5, 5.41) is 3.41. The molecule has 2 fully saturated rings. The molecule has 3 N–H and O–H groups in total. The van der Waals surface area contributed by atoms with Crippen LogP contribution in [-0.4, -0.2) is 46.8 Å². The average Bonchev–Trinajstić information content (AvgIpc) is 2.50. The predicted molar refractivity (Wildman–Crippen MR) is 85.0 cm³/mol. The minimum Gasteiger partial charge on any atom is -0.387 e. The third kappa shape index (κ3) is 2.11. The van der Waals surface area contributed by atoms with Gasteiger partial charge in [-0.3, -0.25) is 9.78 Å². The molecule has 3 aliphatic rings. The Balaban J connectivity index is 1.59. The molecule has 4 heterocycles. The number of aromatic nitrogens is 1. The maximum Gasteiger partial charge on any atom is 0.255 e. The summed E-state index contributed by atoms with van der Waals surface area (Å²) in [6.07, 6.45) is 5.41. The monoisotopic (exact) mass is 297 g/mol. The number of hydrogen-bond donors (Lipinski definition) is 2. The minimum absolute atomic E-state index is 0.0216. The van der Waals surface area contributed by atoms with Crippen LogP contribution in [0.15, 0.2) is 22.8 Å². The van der Waals surface area contributed by atoms with Gasteiger partial charge in [0.25, 0.3) is 5.91 Å². The zero-order valence-electron chi connectivity index (χ0n) is 12.6. The van der Waals surface area contributed by atoms with Gasteiger partial charge in [0.05, 0.1) is 22.5 Å². The van der Waals surface area contributed by atoms with Gasteiger partial charge >= 0.3 is 0 Å². The fourth-order valence-corrected chi connectivity index (χ4v) is 3.30. The van der Waals surface area contributed by atoms with Crippen LogP contribution in [0, 0.1) is 0 Å². The quantitative estimate of drug-likeness (QED) is 0.812. The van der Waals surface area contributed by atoms with E-state index in [0.29, 0.717) is 23.5 Å². The van der Waals surface area contributed by atoms with Crippen molar-refractivity contribution in [2.24, 2.45) is 10.7 Å². The maximum absolute atomic E-state index is 12.5. The first kappa shape index (κ1) is 13.5. The molecule has 6 heteroatoms. The third-order valence-corrected chi connectivity index (χ3v) is 4.63. The van der Waals surface area contributed by atoms with E-state index in [1.807, 2.05) is 17.9 Å². The largest absolute Gasteiger partial charge is 0.387 e. The molecule has 1 aromatic heterocycles. The van der Waals surface area contributed by atoms with Gasteiger partial charge < -0.3 is 16.0 Å². The highest BCUT2D eigenvalue weighted by molar-refractivity contribution is 5.97. The SMILES string of the molecule is CC1=Cc2ncc(C(=O)N3CC4(CCN4)C3)cc2N=C(N)C1. The number of carbonyl (C=O) groups excluding carboxylic acids is 1. The zero-order valence-corrected chi connectivity index (χ0v) is 12.6. The topological polar surface area (TPSA) is 83.6 Å². The Hall–Kier alpha value is -2.21. The maximum atomic E-state index is 12.5. The number of carbonyl (C=O) groups is 1. The lowest BCUT2D eigenvalue weighted by molar-refractivity contribution is 0.00108. The van der Waals surface area contributed by atoms with Crippen molar-refractivity contribution in [3.8, 4) is 0 Å². The number of rotatable bonds is 1. The lowest BCUT2D eigenvalue weighted by Gasteiger charge is -2.56. The molecule has 0 aliphatic carbocycles. The van der Waals surface area contributed by atoms with Crippen molar-refractivity contribution in [3.63, 3.8) is 0 Å². The van der Waals surface area contributed by atoms with Crippen LogP contribution in [0.3, 0.4) is 0 Å². The number of amidine groups is 1. The molecule has 0 radical (unpaired) electrons. The molecule has 1 amide bonds. The van der Waals surface area contributed by atoms with Gasteiger partial charge in [0, 0.05) is 25.7 Å². The molecule has 1 spiro atoms. The number of nitrogens with one attached hydrogen (secondary N) is 1. The summed E-state index contributed by atoms with van der Waals surface area (Å²) >= 11 is 0. The van der Waals surface area contributed by atoms with Gasteiger partial charge in [0.2, 0.25) is 0 Å². The number of aliphatic imine (C=N–C) groups is 1. The van der Waals surface area contributed by atoms with E-state index < -0.39 is 0 Å². The van der Waals surface area contributed by atoms with Gasteiger partial charge in [-0.15, -0.1) is 0 Å². The highest BCUT2D eigenvalue weighted by Gasteiger charge is 2.49. The van der Waals surface area contributed by atoms with Crippen LogP contribution in [0.4, 0.5) is 5.69 Å². The Bertz CT molecular complexity index is 709. The van der Waals surface area contributed by atoms with Crippen molar-refractivity contribution in [1.29, 1.82) is 0 Å². The fraction of sp³-hybridized carbons (Fsp3) is 0.438. The smallest absolute Gasteiger partial charge is 0.255 e. The van der Waals surface area contributed by atoms with E-state index in [0.717, 1.165) is 37.3 Å². The predicted octanol–water partition coefficient (Wildman–Crippen LogP) is 1.07. The molecule has 0 aromatic carbocycles. The van der Waals surface area contributed by atoms with Crippen LogP contribution in [0.5, 0.6) is 0 Å². The first-order chi connectivity index (χ1) is 10.5. The van der Waals surface area contributed by atoms with E-state index in [-0.39, 0.29) is 11.4 Å². The van der Waals surface area contributed by atoms with Crippen LogP contribution < -0.4 is 11.1 Å². The fourth-order valence-electron chi connectivity index (χ4n) is 3.30. The van der Waals surface area contributed by atoms with E-state index in [9.17, 15) is 4.79 Å². The Labute approximate surface area is 129 Å². The molecular weight excluding hydrogens is 278 g/mol. The molecule has 0 unspecified atom stereocenters. The lowest BCUT2D eigenvalue weighted by atomic mass is 9.80. The summed E-state index contributed by atoms with van der Waals surface area (Å²) in [5.74, 6) is 0.578. The molecule has 4 rings (SSSR count). The second-order valence-electron chi connectivity index (χ2n) is 6.52. The van der Waals surface area contributed by atoms with Gasteiger partial charge in [-0.25, -0.2) is 4.99 Å². The van der Waals surface area contributed by atoms with E-state index in [4.69, 9.17) is 5.73 Å². The van der Waals surface area contributed by atoms with E-state index in [1.54, 1.807) is 12.3 Å². The molecule has 0 bridgehead atoms. The molecule has 0 saturated carbocycles. The van der Waals surface area contributed by atoms with Crippen molar-refractivity contribution in [2.45, 2.75) is 25.3 Å². The third-order valence-electron chi connectivity index (χ3n) is 4.63. The molecule has 114 valence electrons. The summed E-state index contributed by atoms with van der Waals surface area (Å²) in [4.78, 5) is 23.2.